The molecule has 0 aliphatic heterocycles. The fourth-order valence-electron chi connectivity index (χ4n) is 2.01. The second-order valence-corrected chi connectivity index (χ2v) is 6.59. The number of aliphatic carboxylic acids is 1. The van der Waals surface area contributed by atoms with Crippen molar-refractivity contribution in [3.8, 4) is 0 Å². The van der Waals surface area contributed by atoms with Crippen molar-refractivity contribution in [2.24, 2.45) is 21.7 Å². The lowest BCUT2D eigenvalue weighted by Crippen LogP contribution is -2.30. The number of thiocarbonyl (C=S) groups is 2. The summed E-state index contributed by atoms with van der Waals surface area (Å²) in [5.74, 6) is -0.769. The van der Waals surface area contributed by atoms with Crippen LogP contribution in [-0.2, 0) is 11.2 Å². The van der Waals surface area contributed by atoms with Crippen LogP contribution < -0.4 is 11.5 Å². The molecule has 0 aliphatic rings. The molecular formula is C17H24N6O2S2. The van der Waals surface area contributed by atoms with Gasteiger partial charge in [0.05, 0.1) is 6.21 Å². The van der Waals surface area contributed by atoms with Crippen LogP contribution in [0.25, 0.3) is 0 Å². The number of hydrogen-bond donors (Lipinski definition) is 3. The smallest absolute Gasteiger partial charge is 0.303 e. The monoisotopic (exact) mass is 408 g/mol. The molecule has 1 rings (SSSR count). The van der Waals surface area contributed by atoms with Gasteiger partial charge in [-0.15, -0.1) is 0 Å². The average Bonchev–Trinajstić information content (AvgIpc) is 2.61. The van der Waals surface area contributed by atoms with E-state index < -0.39 is 5.97 Å². The molecule has 1 aromatic rings. The van der Waals surface area contributed by atoms with Crippen molar-refractivity contribution in [3.05, 3.63) is 35.4 Å². The summed E-state index contributed by atoms with van der Waals surface area (Å²) in [4.78, 5) is 10.6. The Balaban J connectivity index is 2.93. The van der Waals surface area contributed by atoms with E-state index in [1.54, 1.807) is 14.1 Å². The van der Waals surface area contributed by atoms with Gasteiger partial charge < -0.3 is 16.6 Å². The van der Waals surface area contributed by atoms with Crippen LogP contribution in [0, 0.1) is 0 Å². The molecule has 0 saturated carbocycles. The molecule has 8 nitrogen and oxygen atoms in total. The number of carbonyl (C=O) groups is 1. The van der Waals surface area contributed by atoms with Gasteiger partial charge in [-0.1, -0.05) is 24.3 Å². The average molecular weight is 409 g/mol. The number of aryl methyl sites for hydroxylation is 1. The van der Waals surface area contributed by atoms with E-state index in [-0.39, 0.29) is 16.6 Å². The van der Waals surface area contributed by atoms with Gasteiger partial charge in [0.15, 0.2) is 10.2 Å². The minimum atomic E-state index is -0.769. The number of unbranched alkanes of at least 4 members (excludes halogenated alkanes) is 1. The number of rotatable bonds is 9. The first-order chi connectivity index (χ1) is 12.7. The highest BCUT2D eigenvalue weighted by atomic mass is 32.1. The fourth-order valence-corrected chi connectivity index (χ4v) is 2.10. The Morgan fingerprint density at radius 1 is 1.11 bits per heavy atom. The Labute approximate surface area is 169 Å². The first kappa shape index (κ1) is 22.5. The predicted molar refractivity (Wildman–Crippen MR) is 116 cm³/mol. The van der Waals surface area contributed by atoms with Crippen LogP contribution in [0.1, 0.15) is 30.4 Å². The maximum atomic E-state index is 10.6. The highest BCUT2D eigenvalue weighted by molar-refractivity contribution is 7.80. The number of nitrogens with two attached hydrogens (primary N) is 2. The number of hydrazone groups is 2. The number of carboxylic acids is 1. The van der Waals surface area contributed by atoms with E-state index in [9.17, 15) is 4.79 Å². The summed E-state index contributed by atoms with van der Waals surface area (Å²) < 4.78 is 0. The molecule has 0 unspecified atom stereocenters. The number of carboxylic acid groups (broad SMARTS) is 1. The molecule has 0 aromatic heterocycles. The Morgan fingerprint density at radius 3 is 2.22 bits per heavy atom. The van der Waals surface area contributed by atoms with Crippen LogP contribution >= 0.6 is 24.4 Å². The fraction of sp³-hybridized carbons (Fsp3) is 0.353. The van der Waals surface area contributed by atoms with Crippen LogP contribution in [-0.4, -0.2) is 57.3 Å². The number of hydrogen-bond acceptors (Lipinski definition) is 5. The maximum absolute atomic E-state index is 10.6. The highest BCUT2D eigenvalue weighted by Crippen LogP contribution is 2.10. The third kappa shape index (κ3) is 8.56. The second-order valence-electron chi connectivity index (χ2n) is 5.75. The van der Waals surface area contributed by atoms with Gasteiger partial charge in [0.2, 0.25) is 0 Å². The van der Waals surface area contributed by atoms with E-state index in [1.165, 1.54) is 16.2 Å². The summed E-state index contributed by atoms with van der Waals surface area (Å²) in [5, 5.41) is 20.2. The van der Waals surface area contributed by atoms with Gasteiger partial charge in [0.1, 0.15) is 5.71 Å². The molecule has 0 bridgehead atoms. The predicted octanol–water partition coefficient (Wildman–Crippen LogP) is 1.52. The van der Waals surface area contributed by atoms with E-state index in [4.69, 9.17) is 41.0 Å². The van der Waals surface area contributed by atoms with E-state index in [0.717, 1.165) is 24.0 Å². The molecule has 27 heavy (non-hydrogen) atoms. The standard InChI is InChI=1S/C17H24N6O2S2/c1-22(16(18)26)20-11-14(21-23(2)17(19)27)13-9-7-12(8-10-13)5-3-4-6-15(24)25/h7-11H,3-6H2,1-2H3,(H2,18,26)(H2,19,27)(H,24,25). The molecule has 0 radical (unpaired) electrons. The van der Waals surface area contributed by atoms with Gasteiger partial charge in [-0.25, -0.2) is 10.0 Å². The van der Waals surface area contributed by atoms with Gasteiger partial charge in [0.25, 0.3) is 0 Å². The number of benzene rings is 1. The first-order valence-corrected chi connectivity index (χ1v) is 9.02. The summed E-state index contributed by atoms with van der Waals surface area (Å²) in [6.07, 6.45) is 3.99. The zero-order chi connectivity index (χ0) is 20.4. The van der Waals surface area contributed by atoms with Crippen LogP contribution in [0.3, 0.4) is 0 Å². The summed E-state index contributed by atoms with van der Waals surface area (Å²) >= 11 is 9.78. The van der Waals surface area contributed by atoms with Gasteiger partial charge >= 0.3 is 5.97 Å². The Bertz CT molecular complexity index is 733. The topological polar surface area (TPSA) is 121 Å². The minimum Gasteiger partial charge on any atom is -0.481 e. The lowest BCUT2D eigenvalue weighted by atomic mass is 10.0. The third-order valence-corrected chi connectivity index (χ3v) is 4.13. The molecule has 1 aromatic carbocycles. The van der Waals surface area contributed by atoms with Crippen molar-refractivity contribution in [3.63, 3.8) is 0 Å². The van der Waals surface area contributed by atoms with Crippen LogP contribution in [0.15, 0.2) is 34.5 Å². The molecule has 5 N–H and O–H groups in total. The molecule has 146 valence electrons. The lowest BCUT2D eigenvalue weighted by molar-refractivity contribution is -0.137. The Hall–Kier alpha value is -2.59. The highest BCUT2D eigenvalue weighted by Gasteiger charge is 2.06. The molecular weight excluding hydrogens is 384 g/mol. The molecule has 0 fully saturated rings. The normalized spacial score (nSPS) is 11.4. The largest absolute Gasteiger partial charge is 0.481 e. The van der Waals surface area contributed by atoms with E-state index in [1.807, 2.05) is 24.3 Å². The van der Waals surface area contributed by atoms with Crippen molar-refractivity contribution < 1.29 is 9.90 Å². The van der Waals surface area contributed by atoms with Gasteiger partial charge in [-0.3, -0.25) is 4.79 Å². The molecule has 0 heterocycles. The zero-order valence-electron chi connectivity index (χ0n) is 15.3. The Kier molecular flexibility index (Phi) is 9.31. The lowest BCUT2D eigenvalue weighted by Gasteiger charge is -2.13. The number of nitrogens with zero attached hydrogens (tertiary/aromatic N) is 4. The van der Waals surface area contributed by atoms with Crippen LogP contribution in [0.5, 0.6) is 0 Å². The SMILES string of the molecule is CN(N=CC(=NN(C)C(N)=S)c1ccc(CCCCC(=O)O)cc1)C(N)=S. The van der Waals surface area contributed by atoms with Gasteiger partial charge in [-0.05, 0) is 49.3 Å². The van der Waals surface area contributed by atoms with Gasteiger partial charge in [0, 0.05) is 26.1 Å². The van der Waals surface area contributed by atoms with Crippen molar-refractivity contribution in [1.82, 2.24) is 10.0 Å². The molecule has 0 spiro atoms. The Morgan fingerprint density at radius 2 is 1.70 bits per heavy atom. The minimum absolute atomic E-state index is 0.124. The van der Waals surface area contributed by atoms with E-state index >= 15 is 0 Å². The molecule has 0 aliphatic carbocycles. The van der Waals surface area contributed by atoms with Crippen molar-refractivity contribution in [2.45, 2.75) is 25.7 Å². The quantitative estimate of drug-likeness (QED) is 0.243. The summed E-state index contributed by atoms with van der Waals surface area (Å²) in [6, 6.07) is 7.76. The molecule has 0 saturated heterocycles. The molecule has 10 heteroatoms. The maximum Gasteiger partial charge on any atom is 0.303 e. The first-order valence-electron chi connectivity index (χ1n) is 8.20. The van der Waals surface area contributed by atoms with Crippen molar-refractivity contribution >= 4 is 52.6 Å². The van der Waals surface area contributed by atoms with Crippen LogP contribution in [0.2, 0.25) is 0 Å². The van der Waals surface area contributed by atoms with Gasteiger partial charge in [-0.2, -0.15) is 10.2 Å². The van der Waals surface area contributed by atoms with Crippen molar-refractivity contribution in [1.29, 1.82) is 0 Å². The molecule has 0 atom stereocenters. The van der Waals surface area contributed by atoms with Crippen molar-refractivity contribution in [2.75, 3.05) is 14.1 Å². The summed E-state index contributed by atoms with van der Waals surface area (Å²) in [7, 11) is 3.28. The summed E-state index contributed by atoms with van der Waals surface area (Å²) in [5.41, 5.74) is 13.6. The zero-order valence-corrected chi connectivity index (χ0v) is 17.0. The molecule has 0 amide bonds. The summed E-state index contributed by atoms with van der Waals surface area (Å²) in [6.45, 7) is 0. The van der Waals surface area contributed by atoms with Crippen LogP contribution in [0.4, 0.5) is 0 Å². The van der Waals surface area contributed by atoms with E-state index in [0.29, 0.717) is 12.1 Å². The second kappa shape index (κ2) is 11.2. The van der Waals surface area contributed by atoms with E-state index in [2.05, 4.69) is 10.2 Å². The third-order valence-electron chi connectivity index (χ3n) is 3.60.